The van der Waals surface area contributed by atoms with Crippen molar-refractivity contribution in [2.75, 3.05) is 7.11 Å². The number of aromatic nitrogens is 1. The molecule has 3 nitrogen and oxygen atoms in total. The van der Waals surface area contributed by atoms with Crippen LogP contribution in [0.1, 0.15) is 49.7 Å². The minimum atomic E-state index is -0.0659. The topological polar surface area (TPSA) is 34.2 Å². The number of nitrogens with zero attached hydrogens (tertiary/aromatic N) is 1. The van der Waals surface area contributed by atoms with Crippen molar-refractivity contribution in [3.8, 4) is 0 Å². The third-order valence-corrected chi connectivity index (χ3v) is 4.19. The summed E-state index contributed by atoms with van der Waals surface area (Å²) >= 11 is 1.80. The van der Waals surface area contributed by atoms with E-state index in [1.165, 1.54) is 10.6 Å². The summed E-state index contributed by atoms with van der Waals surface area (Å²) < 4.78 is 5.46. The zero-order valence-electron chi connectivity index (χ0n) is 12.5. The van der Waals surface area contributed by atoms with Crippen LogP contribution in [0.15, 0.2) is 0 Å². The lowest BCUT2D eigenvalue weighted by Gasteiger charge is -2.27. The molecule has 0 aromatic carbocycles. The van der Waals surface area contributed by atoms with Crippen molar-refractivity contribution in [1.82, 2.24) is 10.3 Å². The molecule has 1 rings (SSSR count). The summed E-state index contributed by atoms with van der Waals surface area (Å²) in [7, 11) is 1.77. The van der Waals surface area contributed by atoms with E-state index >= 15 is 0 Å². The van der Waals surface area contributed by atoms with Crippen molar-refractivity contribution < 1.29 is 4.74 Å². The quantitative estimate of drug-likeness (QED) is 0.825. The van der Waals surface area contributed by atoms with Crippen LogP contribution in [-0.4, -0.2) is 23.7 Å². The van der Waals surface area contributed by atoms with Gasteiger partial charge in [-0.05, 0) is 40.5 Å². The van der Waals surface area contributed by atoms with Crippen LogP contribution in [-0.2, 0) is 17.7 Å². The Hall–Kier alpha value is -0.450. The van der Waals surface area contributed by atoms with Crippen molar-refractivity contribution in [1.29, 1.82) is 0 Å². The Labute approximate surface area is 115 Å². The summed E-state index contributed by atoms with van der Waals surface area (Å²) in [6, 6.07) is 0.437. The van der Waals surface area contributed by atoms with Gasteiger partial charge in [0, 0.05) is 24.6 Å². The van der Waals surface area contributed by atoms with Crippen LogP contribution in [0.4, 0.5) is 0 Å². The summed E-state index contributed by atoms with van der Waals surface area (Å²) in [6.45, 7) is 11.6. The fourth-order valence-electron chi connectivity index (χ4n) is 2.09. The van der Waals surface area contributed by atoms with Gasteiger partial charge in [-0.2, -0.15) is 0 Å². The van der Waals surface area contributed by atoms with E-state index in [0.717, 1.165) is 24.4 Å². The van der Waals surface area contributed by atoms with E-state index in [4.69, 9.17) is 4.74 Å². The Kier molecular flexibility index (Phi) is 5.76. The molecule has 1 heterocycles. The number of ether oxygens (including phenoxy) is 1. The molecule has 0 radical (unpaired) electrons. The number of hydrogen-bond acceptors (Lipinski definition) is 4. The van der Waals surface area contributed by atoms with Gasteiger partial charge in [0.15, 0.2) is 0 Å². The van der Waals surface area contributed by atoms with E-state index in [-0.39, 0.29) is 5.60 Å². The lowest BCUT2D eigenvalue weighted by Crippen LogP contribution is -2.35. The number of hydrogen-bond donors (Lipinski definition) is 1. The summed E-state index contributed by atoms with van der Waals surface area (Å²) in [5.74, 6) is 0. The molecule has 0 aliphatic heterocycles. The van der Waals surface area contributed by atoms with Crippen molar-refractivity contribution >= 4 is 11.3 Å². The molecular formula is C14H26N2OS. The number of methoxy groups -OCH3 is 1. The Morgan fingerprint density at radius 3 is 2.67 bits per heavy atom. The van der Waals surface area contributed by atoms with Crippen LogP contribution < -0.4 is 5.32 Å². The first-order valence-corrected chi connectivity index (χ1v) is 7.43. The van der Waals surface area contributed by atoms with Gasteiger partial charge in [-0.15, -0.1) is 11.3 Å². The molecule has 4 heteroatoms. The molecule has 0 amide bonds. The van der Waals surface area contributed by atoms with Gasteiger partial charge in [0.2, 0.25) is 0 Å². The monoisotopic (exact) mass is 270 g/mol. The van der Waals surface area contributed by atoms with E-state index < -0.39 is 0 Å². The Bertz CT molecular complexity index is 374. The minimum Gasteiger partial charge on any atom is -0.379 e. The number of aryl methyl sites for hydroxylation is 2. The van der Waals surface area contributed by atoms with Gasteiger partial charge >= 0.3 is 0 Å². The van der Waals surface area contributed by atoms with Gasteiger partial charge in [0.1, 0.15) is 0 Å². The standard InChI is InChI=1S/C14H26N2OS/c1-7-12-13(18-11(3)16-12)9-15-10(2)8-14(4,5)17-6/h10,15H,7-9H2,1-6H3. The van der Waals surface area contributed by atoms with Gasteiger partial charge in [0.25, 0.3) is 0 Å². The first-order valence-electron chi connectivity index (χ1n) is 6.61. The molecular weight excluding hydrogens is 244 g/mol. The van der Waals surface area contributed by atoms with Crippen molar-refractivity contribution in [2.45, 2.75) is 65.6 Å². The fourth-order valence-corrected chi connectivity index (χ4v) is 3.06. The van der Waals surface area contributed by atoms with Crippen LogP contribution in [0.25, 0.3) is 0 Å². The highest BCUT2D eigenvalue weighted by molar-refractivity contribution is 7.11. The highest BCUT2D eigenvalue weighted by Crippen LogP contribution is 2.20. The molecule has 18 heavy (non-hydrogen) atoms. The predicted molar refractivity (Wildman–Crippen MR) is 78.2 cm³/mol. The lowest BCUT2D eigenvalue weighted by molar-refractivity contribution is 0.00846. The molecule has 0 spiro atoms. The summed E-state index contributed by atoms with van der Waals surface area (Å²) in [4.78, 5) is 5.92. The van der Waals surface area contributed by atoms with Crippen LogP contribution in [0.3, 0.4) is 0 Å². The van der Waals surface area contributed by atoms with Crippen LogP contribution in [0, 0.1) is 6.92 Å². The Balaban J connectivity index is 2.49. The van der Waals surface area contributed by atoms with E-state index in [9.17, 15) is 0 Å². The second-order valence-electron chi connectivity index (χ2n) is 5.41. The van der Waals surface area contributed by atoms with Gasteiger partial charge in [-0.1, -0.05) is 6.92 Å². The molecule has 1 aromatic rings. The molecule has 0 fully saturated rings. The first kappa shape index (κ1) is 15.6. The zero-order valence-corrected chi connectivity index (χ0v) is 13.3. The zero-order chi connectivity index (χ0) is 13.8. The molecule has 1 unspecified atom stereocenters. The maximum Gasteiger partial charge on any atom is 0.0900 e. The molecule has 0 aliphatic rings. The summed E-state index contributed by atoms with van der Waals surface area (Å²) in [5, 5.41) is 4.73. The Morgan fingerprint density at radius 2 is 2.11 bits per heavy atom. The van der Waals surface area contributed by atoms with Crippen molar-refractivity contribution in [3.63, 3.8) is 0 Å². The number of nitrogens with one attached hydrogen (secondary N) is 1. The average Bonchev–Trinajstić information content (AvgIpc) is 2.66. The van der Waals surface area contributed by atoms with Crippen LogP contribution >= 0.6 is 11.3 Å². The lowest BCUT2D eigenvalue weighted by atomic mass is 10.00. The van der Waals surface area contributed by atoms with Gasteiger partial charge in [-0.3, -0.25) is 0 Å². The Morgan fingerprint density at radius 1 is 1.44 bits per heavy atom. The highest BCUT2D eigenvalue weighted by atomic mass is 32.1. The van der Waals surface area contributed by atoms with Crippen molar-refractivity contribution in [3.05, 3.63) is 15.6 Å². The first-order chi connectivity index (χ1) is 8.38. The second-order valence-corrected chi connectivity index (χ2v) is 6.69. The minimum absolute atomic E-state index is 0.0659. The molecule has 0 aliphatic carbocycles. The highest BCUT2D eigenvalue weighted by Gasteiger charge is 2.20. The molecule has 0 bridgehead atoms. The molecule has 104 valence electrons. The largest absolute Gasteiger partial charge is 0.379 e. The summed E-state index contributed by atoms with van der Waals surface area (Å²) in [6.07, 6.45) is 2.02. The molecule has 0 saturated heterocycles. The van der Waals surface area contributed by atoms with E-state index in [0.29, 0.717) is 6.04 Å². The normalized spacial score (nSPS) is 13.9. The third kappa shape index (κ3) is 4.67. The SMILES string of the molecule is CCc1nc(C)sc1CNC(C)CC(C)(C)OC. The molecule has 0 saturated carbocycles. The van der Waals surface area contributed by atoms with E-state index in [1.807, 2.05) is 0 Å². The van der Waals surface area contributed by atoms with E-state index in [2.05, 4.69) is 44.9 Å². The number of thiazole rings is 1. The van der Waals surface area contributed by atoms with Gasteiger partial charge < -0.3 is 10.1 Å². The van der Waals surface area contributed by atoms with Gasteiger partial charge in [0.05, 0.1) is 16.3 Å². The maximum absolute atomic E-state index is 5.46. The maximum atomic E-state index is 5.46. The second kappa shape index (κ2) is 6.64. The average molecular weight is 270 g/mol. The summed E-state index contributed by atoms with van der Waals surface area (Å²) in [5.41, 5.74) is 1.17. The molecule has 1 aromatic heterocycles. The molecule has 1 N–H and O–H groups in total. The van der Waals surface area contributed by atoms with Crippen LogP contribution in [0.2, 0.25) is 0 Å². The molecule has 1 atom stereocenters. The number of rotatable bonds is 7. The van der Waals surface area contributed by atoms with Crippen LogP contribution in [0.5, 0.6) is 0 Å². The van der Waals surface area contributed by atoms with E-state index in [1.54, 1.807) is 18.4 Å². The predicted octanol–water partition coefficient (Wildman–Crippen LogP) is 3.31. The fraction of sp³-hybridized carbons (Fsp3) is 0.786. The van der Waals surface area contributed by atoms with Gasteiger partial charge in [-0.25, -0.2) is 4.98 Å². The van der Waals surface area contributed by atoms with Crippen molar-refractivity contribution in [2.24, 2.45) is 0 Å². The smallest absolute Gasteiger partial charge is 0.0900 e. The third-order valence-electron chi connectivity index (χ3n) is 3.18.